The van der Waals surface area contributed by atoms with Gasteiger partial charge in [-0.1, -0.05) is 12.1 Å². The van der Waals surface area contributed by atoms with Gasteiger partial charge in [0.05, 0.1) is 13.2 Å². The Balaban J connectivity index is 1.44. The number of phenolic OH excluding ortho intramolecular Hbond substituents is 4. The van der Waals surface area contributed by atoms with Crippen LogP contribution >= 0.6 is 0 Å². The normalized spacial score (nSPS) is 25.6. The summed E-state index contributed by atoms with van der Waals surface area (Å²) in [5.74, 6) is -6.07. The second-order valence-corrected chi connectivity index (χ2v) is 8.95. The molecular formula is C27H26O13. The number of rotatable bonds is 8. The summed E-state index contributed by atoms with van der Waals surface area (Å²) < 4.78 is 26.8. The number of hydrogen-bond acceptors (Lipinski definition) is 13. The predicted octanol–water partition coefficient (Wildman–Crippen LogP) is 1.11. The Morgan fingerprint density at radius 2 is 1.48 bits per heavy atom. The minimum Gasteiger partial charge on any atom is -0.504 e. The van der Waals surface area contributed by atoms with Crippen molar-refractivity contribution in [3.05, 3.63) is 59.7 Å². The molecule has 13 nitrogen and oxygen atoms in total. The minimum absolute atomic E-state index is 0.323. The summed E-state index contributed by atoms with van der Waals surface area (Å²) in [4.78, 5) is 37.2. The number of carbonyl (C=O) groups is 3. The van der Waals surface area contributed by atoms with E-state index in [1.54, 1.807) is 0 Å². The highest BCUT2D eigenvalue weighted by atomic mass is 16.8. The van der Waals surface area contributed by atoms with Crippen LogP contribution in [0.3, 0.4) is 0 Å². The number of carbonyl (C=O) groups excluding carboxylic acids is 3. The first-order valence-electron chi connectivity index (χ1n) is 11.9. The second-order valence-electron chi connectivity index (χ2n) is 8.95. The maximum absolute atomic E-state index is 12.5. The smallest absolute Gasteiger partial charge is 0.366 e. The Kier molecular flexibility index (Phi) is 8.28. The summed E-state index contributed by atoms with van der Waals surface area (Å²) in [6.45, 7) is -0.448. The van der Waals surface area contributed by atoms with E-state index in [1.165, 1.54) is 48.6 Å². The molecule has 2 fully saturated rings. The molecule has 0 saturated carbocycles. The van der Waals surface area contributed by atoms with E-state index in [9.17, 15) is 39.9 Å². The van der Waals surface area contributed by atoms with E-state index >= 15 is 0 Å². The van der Waals surface area contributed by atoms with Gasteiger partial charge in [0.2, 0.25) is 0 Å². The molecule has 0 unspecified atom stereocenters. The molecule has 2 aromatic carbocycles. The third-order valence-corrected chi connectivity index (χ3v) is 6.18. The number of hydrogen-bond donors (Lipinski definition) is 5. The van der Waals surface area contributed by atoms with E-state index in [4.69, 9.17) is 23.7 Å². The van der Waals surface area contributed by atoms with E-state index < -0.39 is 61.1 Å². The fraction of sp³-hybridized carbons (Fsp3) is 0.296. The predicted molar refractivity (Wildman–Crippen MR) is 134 cm³/mol. The number of fused-ring (bicyclic) bond motifs is 2. The van der Waals surface area contributed by atoms with E-state index in [0.717, 1.165) is 19.3 Å². The van der Waals surface area contributed by atoms with Crippen LogP contribution in [0.2, 0.25) is 0 Å². The third kappa shape index (κ3) is 6.17. The molecule has 4 rings (SSSR count). The van der Waals surface area contributed by atoms with Crippen molar-refractivity contribution in [3.8, 4) is 23.0 Å². The van der Waals surface area contributed by atoms with Crippen LogP contribution in [0, 0.1) is 0 Å². The zero-order valence-corrected chi connectivity index (χ0v) is 21.0. The molecule has 0 amide bonds. The number of esters is 3. The quantitative estimate of drug-likeness (QED) is 0.134. The number of ether oxygens (including phenoxy) is 5. The van der Waals surface area contributed by atoms with Crippen LogP contribution in [-0.4, -0.2) is 87.4 Å². The first-order valence-corrected chi connectivity index (χ1v) is 11.9. The van der Waals surface area contributed by atoms with Crippen molar-refractivity contribution < 1.29 is 63.6 Å². The molecule has 2 aliphatic heterocycles. The molecule has 0 spiro atoms. The first-order chi connectivity index (χ1) is 19.0. The van der Waals surface area contributed by atoms with E-state index in [2.05, 4.69) is 0 Å². The molecule has 0 radical (unpaired) electrons. The number of aromatic hydroxyl groups is 4. The van der Waals surface area contributed by atoms with Crippen molar-refractivity contribution in [2.45, 2.75) is 36.6 Å². The van der Waals surface area contributed by atoms with Gasteiger partial charge in [0, 0.05) is 18.6 Å². The molecule has 2 saturated heterocycles. The van der Waals surface area contributed by atoms with Crippen molar-refractivity contribution in [3.63, 3.8) is 0 Å². The Morgan fingerprint density at radius 3 is 2.02 bits per heavy atom. The van der Waals surface area contributed by atoms with Crippen LogP contribution in [0.25, 0.3) is 12.2 Å². The van der Waals surface area contributed by atoms with Crippen molar-refractivity contribution >= 4 is 30.1 Å². The first kappa shape index (κ1) is 28.4. The Morgan fingerprint density at radius 1 is 0.900 bits per heavy atom. The SMILES string of the molecule is COC(=O)[C@@]12C[C@H](O)[C@@H](OC(=O)/C=C/c3ccc(O)c(O)c3)[C@H](O1)[C@H](COC(=O)/C=C/c1ccc(O)c(O)c1)O2. The lowest BCUT2D eigenvalue weighted by atomic mass is 9.95. The van der Waals surface area contributed by atoms with Gasteiger partial charge in [0.15, 0.2) is 29.1 Å². The number of methoxy groups -OCH3 is 1. The minimum atomic E-state index is -2.00. The van der Waals surface area contributed by atoms with Crippen LogP contribution in [0.5, 0.6) is 23.0 Å². The summed E-state index contributed by atoms with van der Waals surface area (Å²) in [6.07, 6.45) is -0.791. The summed E-state index contributed by atoms with van der Waals surface area (Å²) in [7, 11) is 1.10. The molecule has 2 heterocycles. The lowest BCUT2D eigenvalue weighted by Gasteiger charge is -2.36. The average Bonchev–Trinajstić information content (AvgIpc) is 3.25. The van der Waals surface area contributed by atoms with Crippen LogP contribution in [0.4, 0.5) is 0 Å². The molecule has 0 aliphatic carbocycles. The van der Waals surface area contributed by atoms with E-state index in [-0.39, 0.29) is 23.0 Å². The standard InChI is InChI=1S/C27H26O13/c1-36-26(35)27-12-20(32)24(38-23(34)9-5-15-3-7-17(29)19(31)11-15)25(40-27)21(39-27)13-37-22(33)8-4-14-2-6-16(28)18(30)10-14/h2-11,20-21,24-25,28-32H,12-13H2,1H3/b8-4+,9-5+/t20-,21-,24+,25+,27+/m0/s1. The van der Waals surface area contributed by atoms with E-state index in [1.807, 2.05) is 0 Å². The van der Waals surface area contributed by atoms with E-state index in [0.29, 0.717) is 11.1 Å². The van der Waals surface area contributed by atoms with Gasteiger partial charge < -0.3 is 49.2 Å². The number of benzene rings is 2. The van der Waals surface area contributed by atoms with Crippen LogP contribution in [0.15, 0.2) is 48.6 Å². The monoisotopic (exact) mass is 558 g/mol. The Bertz CT molecular complexity index is 1350. The van der Waals surface area contributed by atoms with Crippen LogP contribution in [-0.2, 0) is 38.1 Å². The molecule has 5 atom stereocenters. The number of phenols is 4. The zero-order chi connectivity index (χ0) is 29.0. The lowest BCUT2D eigenvalue weighted by molar-refractivity contribution is -0.249. The zero-order valence-electron chi connectivity index (χ0n) is 21.0. The number of aliphatic hydroxyl groups excluding tert-OH is 1. The van der Waals surface area contributed by atoms with Crippen molar-refractivity contribution in [1.82, 2.24) is 0 Å². The van der Waals surface area contributed by atoms with Gasteiger partial charge in [-0.3, -0.25) is 0 Å². The molecule has 13 heteroatoms. The van der Waals surface area contributed by atoms with Crippen molar-refractivity contribution in [2.75, 3.05) is 13.7 Å². The molecule has 2 aliphatic rings. The molecule has 2 bridgehead atoms. The fourth-order valence-corrected chi connectivity index (χ4v) is 4.23. The molecule has 40 heavy (non-hydrogen) atoms. The van der Waals surface area contributed by atoms with Gasteiger partial charge in [-0.25, -0.2) is 14.4 Å². The molecule has 0 aromatic heterocycles. The number of aliphatic hydroxyl groups is 1. The van der Waals surface area contributed by atoms with Gasteiger partial charge >= 0.3 is 17.9 Å². The Hall–Kier alpha value is -4.59. The van der Waals surface area contributed by atoms with Gasteiger partial charge in [0.25, 0.3) is 5.79 Å². The topological polar surface area (TPSA) is 199 Å². The van der Waals surface area contributed by atoms with Gasteiger partial charge in [0.1, 0.15) is 18.8 Å². The lowest BCUT2D eigenvalue weighted by Crippen LogP contribution is -2.55. The highest BCUT2D eigenvalue weighted by Gasteiger charge is 2.63. The van der Waals surface area contributed by atoms with Gasteiger partial charge in [-0.15, -0.1) is 0 Å². The fourth-order valence-electron chi connectivity index (χ4n) is 4.23. The molecular weight excluding hydrogens is 532 g/mol. The summed E-state index contributed by atoms with van der Waals surface area (Å²) >= 11 is 0. The van der Waals surface area contributed by atoms with Crippen molar-refractivity contribution in [2.24, 2.45) is 0 Å². The Labute approximate surface area is 227 Å². The maximum Gasteiger partial charge on any atom is 0.366 e. The van der Waals surface area contributed by atoms with Crippen LogP contribution in [0.1, 0.15) is 17.5 Å². The highest BCUT2D eigenvalue weighted by Crippen LogP contribution is 2.42. The summed E-state index contributed by atoms with van der Waals surface area (Å²) in [6, 6.07) is 7.82. The average molecular weight is 558 g/mol. The molecule has 212 valence electrons. The van der Waals surface area contributed by atoms with Gasteiger partial charge in [-0.05, 0) is 47.5 Å². The molecule has 2 aromatic rings. The summed E-state index contributed by atoms with van der Waals surface area (Å²) in [5.41, 5.74) is 0.779. The highest BCUT2D eigenvalue weighted by molar-refractivity contribution is 5.88. The second kappa shape index (κ2) is 11.7. The maximum atomic E-state index is 12.5. The third-order valence-electron chi connectivity index (χ3n) is 6.18. The van der Waals surface area contributed by atoms with Crippen LogP contribution < -0.4 is 0 Å². The van der Waals surface area contributed by atoms with Gasteiger partial charge in [-0.2, -0.15) is 0 Å². The largest absolute Gasteiger partial charge is 0.504 e. The van der Waals surface area contributed by atoms with Crippen molar-refractivity contribution in [1.29, 1.82) is 0 Å². The molecule has 5 N–H and O–H groups in total. The summed E-state index contributed by atoms with van der Waals surface area (Å²) in [5, 5.41) is 48.7.